The third-order valence-corrected chi connectivity index (χ3v) is 6.27. The van der Waals surface area contributed by atoms with Crippen LogP contribution in [-0.2, 0) is 22.2 Å². The van der Waals surface area contributed by atoms with Crippen LogP contribution in [0.1, 0.15) is 53.7 Å². The Bertz CT molecular complexity index is 500. The topological polar surface area (TPSA) is 57.2 Å². The standard InChI is InChI=1S/C19H35N2O2SSi/c1-18(2,3)17(23-25(7)8)14-16(21-24(22)19(4,5)6)13-15-11-9-10-12-20-15/h9-12,16-17,21H,13-14H2,1-8H3. The van der Waals surface area contributed by atoms with Crippen molar-refractivity contribution < 1.29 is 8.98 Å². The van der Waals surface area contributed by atoms with Crippen molar-refractivity contribution in [2.45, 2.75) is 84.4 Å². The number of rotatable bonds is 8. The molecule has 1 radical (unpaired) electrons. The highest BCUT2D eigenvalue weighted by Gasteiger charge is 2.34. The molecule has 1 aromatic heterocycles. The summed E-state index contributed by atoms with van der Waals surface area (Å²) in [5.74, 6) is 0. The van der Waals surface area contributed by atoms with Gasteiger partial charge in [-0.3, -0.25) is 4.98 Å². The van der Waals surface area contributed by atoms with Gasteiger partial charge in [0.2, 0.25) is 9.04 Å². The third kappa shape index (κ3) is 8.69. The number of hydrogen-bond donors (Lipinski definition) is 1. The number of nitrogens with zero attached hydrogens (tertiary/aromatic N) is 1. The summed E-state index contributed by atoms with van der Waals surface area (Å²) < 4.78 is 22.0. The van der Waals surface area contributed by atoms with E-state index < -0.39 is 20.4 Å². The maximum atomic E-state index is 12.7. The van der Waals surface area contributed by atoms with Crippen LogP contribution < -0.4 is 4.72 Å². The van der Waals surface area contributed by atoms with Crippen molar-refractivity contribution in [1.29, 1.82) is 0 Å². The fourth-order valence-electron chi connectivity index (χ4n) is 2.39. The number of nitrogens with one attached hydrogen (secondary N) is 1. The van der Waals surface area contributed by atoms with E-state index in [1.807, 2.05) is 45.2 Å². The SMILES string of the molecule is C[Si](C)OC(CC(Cc1ccccn1)N[S+]([O-])C(C)(C)C)C(C)(C)C. The molecule has 0 aliphatic rings. The molecule has 0 saturated carbocycles. The van der Waals surface area contributed by atoms with E-state index in [1.165, 1.54) is 0 Å². The van der Waals surface area contributed by atoms with Crippen LogP contribution in [0.2, 0.25) is 13.1 Å². The minimum atomic E-state index is -1.12. The number of hydrogen-bond acceptors (Lipinski definition) is 4. The second kappa shape index (κ2) is 9.51. The van der Waals surface area contributed by atoms with Crippen LogP contribution >= 0.6 is 0 Å². The molecule has 0 amide bonds. The van der Waals surface area contributed by atoms with Crippen molar-refractivity contribution in [2.24, 2.45) is 5.41 Å². The van der Waals surface area contributed by atoms with Crippen LogP contribution in [-0.4, -0.2) is 35.5 Å². The predicted octanol–water partition coefficient (Wildman–Crippen LogP) is 4.12. The maximum absolute atomic E-state index is 12.7. The van der Waals surface area contributed by atoms with Crippen molar-refractivity contribution in [2.75, 3.05) is 0 Å². The second-order valence-corrected chi connectivity index (χ2v) is 12.9. The molecule has 0 spiro atoms. The molecule has 25 heavy (non-hydrogen) atoms. The fraction of sp³-hybridized carbons (Fsp3) is 0.737. The summed E-state index contributed by atoms with van der Waals surface area (Å²) in [6.45, 7) is 16.9. The van der Waals surface area contributed by atoms with Crippen LogP contribution in [0.15, 0.2) is 24.4 Å². The zero-order valence-electron chi connectivity index (χ0n) is 17.1. The zero-order chi connectivity index (χ0) is 19.3. The van der Waals surface area contributed by atoms with E-state index in [9.17, 15) is 4.55 Å². The number of pyridine rings is 1. The Kier molecular flexibility index (Phi) is 8.61. The molecule has 1 N–H and O–H groups in total. The maximum Gasteiger partial charge on any atom is 0.205 e. The van der Waals surface area contributed by atoms with Crippen molar-refractivity contribution in [3.63, 3.8) is 0 Å². The molecule has 1 rings (SSSR count). The molecule has 3 atom stereocenters. The van der Waals surface area contributed by atoms with Crippen molar-refractivity contribution in [3.05, 3.63) is 30.1 Å². The Balaban J connectivity index is 2.95. The van der Waals surface area contributed by atoms with Gasteiger partial charge in [0.05, 0.1) is 12.1 Å². The lowest BCUT2D eigenvalue weighted by atomic mass is 9.85. The summed E-state index contributed by atoms with van der Waals surface area (Å²) in [5, 5.41) is 0. The third-order valence-electron chi connectivity index (χ3n) is 3.85. The summed E-state index contributed by atoms with van der Waals surface area (Å²) in [7, 11) is -0.808. The van der Waals surface area contributed by atoms with Gasteiger partial charge in [-0.1, -0.05) is 26.8 Å². The van der Waals surface area contributed by atoms with Gasteiger partial charge in [-0.2, -0.15) is 0 Å². The first-order chi connectivity index (χ1) is 11.4. The molecule has 1 heterocycles. The summed E-state index contributed by atoms with van der Waals surface area (Å²) in [6, 6.07) is 6.00. The lowest BCUT2D eigenvalue weighted by Gasteiger charge is -2.36. The van der Waals surface area contributed by atoms with E-state index in [1.54, 1.807) is 0 Å². The van der Waals surface area contributed by atoms with Crippen LogP contribution in [0.3, 0.4) is 0 Å². The molecule has 4 nitrogen and oxygen atoms in total. The molecule has 0 aliphatic carbocycles. The number of aromatic nitrogens is 1. The highest BCUT2D eigenvalue weighted by molar-refractivity contribution is 7.90. The lowest BCUT2D eigenvalue weighted by molar-refractivity contribution is 0.0704. The van der Waals surface area contributed by atoms with Gasteiger partial charge in [0.15, 0.2) is 0 Å². The Labute approximate surface area is 159 Å². The van der Waals surface area contributed by atoms with Crippen LogP contribution in [0.25, 0.3) is 0 Å². The van der Waals surface area contributed by atoms with Gasteiger partial charge in [-0.05, 0) is 57.8 Å². The average Bonchev–Trinajstić information content (AvgIpc) is 2.45. The first-order valence-electron chi connectivity index (χ1n) is 8.94. The molecule has 6 heteroatoms. The highest BCUT2D eigenvalue weighted by Crippen LogP contribution is 2.28. The molecule has 1 aromatic rings. The molecule has 3 unspecified atom stereocenters. The van der Waals surface area contributed by atoms with E-state index in [0.29, 0.717) is 0 Å². The van der Waals surface area contributed by atoms with Gasteiger partial charge in [0.1, 0.15) is 4.75 Å². The Morgan fingerprint density at radius 2 is 1.84 bits per heavy atom. The quantitative estimate of drug-likeness (QED) is 0.542. The van der Waals surface area contributed by atoms with E-state index >= 15 is 0 Å². The minimum Gasteiger partial charge on any atom is -0.598 e. The Hall–Kier alpha value is -0.403. The van der Waals surface area contributed by atoms with Crippen molar-refractivity contribution >= 4 is 20.4 Å². The van der Waals surface area contributed by atoms with Gasteiger partial charge in [0, 0.05) is 29.7 Å². The Morgan fingerprint density at radius 1 is 1.20 bits per heavy atom. The highest BCUT2D eigenvalue weighted by atomic mass is 32.2. The van der Waals surface area contributed by atoms with E-state index in [0.717, 1.165) is 18.5 Å². The Morgan fingerprint density at radius 3 is 2.28 bits per heavy atom. The van der Waals surface area contributed by atoms with Crippen LogP contribution in [0, 0.1) is 5.41 Å². The normalized spacial score (nSPS) is 16.7. The monoisotopic (exact) mass is 383 g/mol. The molecule has 0 fully saturated rings. The molecule has 143 valence electrons. The van der Waals surface area contributed by atoms with E-state index in [-0.39, 0.29) is 22.3 Å². The summed E-state index contributed by atoms with van der Waals surface area (Å²) in [6.07, 6.45) is 3.49. The van der Waals surface area contributed by atoms with Gasteiger partial charge in [0.25, 0.3) is 0 Å². The summed E-state index contributed by atoms with van der Waals surface area (Å²) in [5.41, 5.74) is 1.05. The molecule has 0 saturated heterocycles. The molecule has 0 aliphatic heterocycles. The smallest absolute Gasteiger partial charge is 0.205 e. The zero-order valence-corrected chi connectivity index (χ0v) is 18.9. The van der Waals surface area contributed by atoms with Gasteiger partial charge < -0.3 is 8.98 Å². The second-order valence-electron chi connectivity index (χ2n) is 8.84. The van der Waals surface area contributed by atoms with Crippen molar-refractivity contribution in [1.82, 2.24) is 9.71 Å². The molecule has 0 bridgehead atoms. The van der Waals surface area contributed by atoms with E-state index in [4.69, 9.17) is 4.43 Å². The van der Waals surface area contributed by atoms with Crippen molar-refractivity contribution in [3.8, 4) is 0 Å². The largest absolute Gasteiger partial charge is 0.598 e. The van der Waals surface area contributed by atoms with E-state index in [2.05, 4.69) is 43.6 Å². The van der Waals surface area contributed by atoms with Gasteiger partial charge in [-0.15, -0.1) is 4.72 Å². The fourth-order valence-corrected chi connectivity index (χ4v) is 4.25. The van der Waals surface area contributed by atoms with Crippen LogP contribution in [0.4, 0.5) is 0 Å². The predicted molar refractivity (Wildman–Crippen MR) is 109 cm³/mol. The average molecular weight is 384 g/mol. The van der Waals surface area contributed by atoms with Gasteiger partial charge in [-0.25, -0.2) is 0 Å². The minimum absolute atomic E-state index is 0.0369. The van der Waals surface area contributed by atoms with Gasteiger partial charge >= 0.3 is 0 Å². The van der Waals surface area contributed by atoms with Crippen LogP contribution in [0.5, 0.6) is 0 Å². The molecular weight excluding hydrogens is 348 g/mol. The molecular formula is C19H35N2O2SSi. The first-order valence-corrected chi connectivity index (χ1v) is 12.5. The first kappa shape index (κ1) is 22.6. The molecule has 0 aromatic carbocycles. The lowest BCUT2D eigenvalue weighted by Crippen LogP contribution is -2.48. The summed E-state index contributed by atoms with van der Waals surface area (Å²) >= 11 is -1.12. The summed E-state index contributed by atoms with van der Waals surface area (Å²) in [4.78, 5) is 4.45.